The molecule has 0 saturated carbocycles. The number of hydrogen-bond acceptors (Lipinski definition) is 3. The van der Waals surface area contributed by atoms with Crippen LogP contribution in [0.15, 0.2) is 30.3 Å². The molecule has 1 N–H and O–H groups in total. The zero-order valence-corrected chi connectivity index (χ0v) is 14.3. The highest BCUT2D eigenvalue weighted by atomic mass is 16.5. The number of carbonyl (C=O) groups excluding carboxylic acids is 2. The number of para-hydroxylation sites is 1. The molecule has 3 rings (SSSR count). The van der Waals surface area contributed by atoms with Crippen LogP contribution in [-0.2, 0) is 0 Å². The maximum Gasteiger partial charge on any atom is 0.256 e. The van der Waals surface area contributed by atoms with Crippen molar-refractivity contribution in [3.05, 3.63) is 52.8 Å². The lowest BCUT2D eigenvalue weighted by Crippen LogP contribution is -2.31. The molecule has 0 unspecified atom stereocenters. The number of rotatable bonds is 4. The summed E-state index contributed by atoms with van der Waals surface area (Å²) in [5.74, 6) is 0.735. The first kappa shape index (κ1) is 16.3. The Morgan fingerprint density at radius 2 is 1.92 bits per heavy atom. The molecule has 1 amide bonds. The second-order valence-electron chi connectivity index (χ2n) is 6.27. The monoisotopic (exact) mass is 326 g/mol. The predicted molar refractivity (Wildman–Crippen MR) is 91.6 cm³/mol. The van der Waals surface area contributed by atoms with Crippen molar-refractivity contribution in [2.24, 2.45) is 0 Å². The summed E-state index contributed by atoms with van der Waals surface area (Å²) in [4.78, 5) is 29.4. The Balaban J connectivity index is 1.72. The van der Waals surface area contributed by atoms with Gasteiger partial charge in [0, 0.05) is 25.6 Å². The number of carbonyl (C=O) groups is 2. The van der Waals surface area contributed by atoms with Crippen LogP contribution < -0.4 is 4.74 Å². The van der Waals surface area contributed by atoms with Crippen LogP contribution in [0.4, 0.5) is 0 Å². The van der Waals surface area contributed by atoms with Crippen LogP contribution in [-0.4, -0.2) is 40.8 Å². The van der Waals surface area contributed by atoms with Crippen LogP contribution in [0.1, 0.15) is 45.4 Å². The molecule has 1 aromatic heterocycles. The van der Waals surface area contributed by atoms with Crippen molar-refractivity contribution in [1.82, 2.24) is 9.88 Å². The number of hydrogen-bond donors (Lipinski definition) is 1. The quantitative estimate of drug-likeness (QED) is 0.878. The molecule has 2 aromatic rings. The van der Waals surface area contributed by atoms with Crippen molar-refractivity contribution in [3.8, 4) is 5.75 Å². The molecule has 1 atom stereocenters. The number of amides is 1. The first-order valence-electron chi connectivity index (χ1n) is 8.18. The topological polar surface area (TPSA) is 62.4 Å². The van der Waals surface area contributed by atoms with E-state index in [4.69, 9.17) is 4.74 Å². The maximum atomic E-state index is 12.9. The Morgan fingerprint density at radius 1 is 1.21 bits per heavy atom. The lowest BCUT2D eigenvalue weighted by atomic mass is 10.1. The Bertz CT molecular complexity index is 764. The van der Waals surface area contributed by atoms with Gasteiger partial charge in [-0.2, -0.15) is 0 Å². The number of Topliss-reactive ketones (excluding diaryl/α,β-unsaturated/α-hetero) is 1. The molecule has 1 saturated heterocycles. The molecule has 0 spiro atoms. The minimum atomic E-state index is -0.0543. The third-order valence-corrected chi connectivity index (χ3v) is 4.48. The molecule has 0 radical (unpaired) electrons. The average Bonchev–Trinajstić information content (AvgIpc) is 3.12. The van der Waals surface area contributed by atoms with E-state index in [-0.39, 0.29) is 17.8 Å². The van der Waals surface area contributed by atoms with E-state index in [1.165, 1.54) is 6.92 Å². The average molecular weight is 326 g/mol. The van der Waals surface area contributed by atoms with Gasteiger partial charge in [0.25, 0.3) is 5.91 Å². The van der Waals surface area contributed by atoms with Crippen molar-refractivity contribution in [2.75, 3.05) is 13.1 Å². The Morgan fingerprint density at radius 3 is 2.54 bits per heavy atom. The summed E-state index contributed by atoms with van der Waals surface area (Å²) in [5, 5.41) is 0. The van der Waals surface area contributed by atoms with Crippen LogP contribution in [0.2, 0.25) is 0 Å². The predicted octanol–water partition coefficient (Wildman–Crippen LogP) is 3.13. The molecular weight excluding hydrogens is 304 g/mol. The van der Waals surface area contributed by atoms with Crippen LogP contribution in [0.25, 0.3) is 0 Å². The van der Waals surface area contributed by atoms with Crippen molar-refractivity contribution in [3.63, 3.8) is 0 Å². The van der Waals surface area contributed by atoms with Gasteiger partial charge in [0.1, 0.15) is 11.9 Å². The maximum absolute atomic E-state index is 12.9. The molecule has 5 heteroatoms. The summed E-state index contributed by atoms with van der Waals surface area (Å²) in [6.07, 6.45) is 0.811. The van der Waals surface area contributed by atoms with Gasteiger partial charge in [-0.15, -0.1) is 0 Å². The molecule has 2 heterocycles. The summed E-state index contributed by atoms with van der Waals surface area (Å²) in [6.45, 7) is 6.39. The molecule has 1 aliphatic heterocycles. The molecule has 5 nitrogen and oxygen atoms in total. The number of aromatic amines is 1. The lowest BCUT2D eigenvalue weighted by molar-refractivity contribution is 0.0771. The first-order chi connectivity index (χ1) is 11.5. The Labute approximate surface area is 141 Å². The lowest BCUT2D eigenvalue weighted by Gasteiger charge is -2.18. The van der Waals surface area contributed by atoms with Gasteiger partial charge in [-0.25, -0.2) is 0 Å². The highest BCUT2D eigenvalue weighted by molar-refractivity contribution is 6.02. The van der Waals surface area contributed by atoms with Gasteiger partial charge >= 0.3 is 0 Å². The second kappa shape index (κ2) is 6.51. The number of ether oxygens (including phenoxy) is 1. The van der Waals surface area contributed by atoms with Gasteiger partial charge in [-0.1, -0.05) is 18.2 Å². The second-order valence-corrected chi connectivity index (χ2v) is 6.27. The molecule has 1 fully saturated rings. The van der Waals surface area contributed by atoms with Crippen molar-refractivity contribution >= 4 is 11.7 Å². The van der Waals surface area contributed by atoms with Gasteiger partial charge in [0.15, 0.2) is 5.78 Å². The summed E-state index contributed by atoms with van der Waals surface area (Å²) in [6, 6.07) is 9.65. The van der Waals surface area contributed by atoms with E-state index in [9.17, 15) is 9.59 Å². The summed E-state index contributed by atoms with van der Waals surface area (Å²) in [7, 11) is 0. The van der Waals surface area contributed by atoms with E-state index < -0.39 is 0 Å². The number of likely N-dealkylation sites (tertiary alicyclic amines) is 1. The zero-order chi connectivity index (χ0) is 17.3. The molecule has 126 valence electrons. The van der Waals surface area contributed by atoms with Crippen molar-refractivity contribution < 1.29 is 14.3 Å². The summed E-state index contributed by atoms with van der Waals surface area (Å²) in [5.41, 5.74) is 2.61. The van der Waals surface area contributed by atoms with E-state index >= 15 is 0 Å². The number of ketones is 1. The van der Waals surface area contributed by atoms with Gasteiger partial charge in [0.2, 0.25) is 0 Å². The molecule has 24 heavy (non-hydrogen) atoms. The molecular formula is C19H22N2O3. The molecule has 1 aromatic carbocycles. The van der Waals surface area contributed by atoms with Crippen LogP contribution in [0.5, 0.6) is 5.75 Å². The Kier molecular flexibility index (Phi) is 4.42. The van der Waals surface area contributed by atoms with Crippen LogP contribution in [0.3, 0.4) is 0 Å². The molecule has 1 aliphatic rings. The van der Waals surface area contributed by atoms with E-state index in [1.54, 1.807) is 4.90 Å². The Hall–Kier alpha value is -2.56. The minimum absolute atomic E-state index is 0.00295. The van der Waals surface area contributed by atoms with E-state index in [2.05, 4.69) is 4.98 Å². The summed E-state index contributed by atoms with van der Waals surface area (Å²) >= 11 is 0. The standard InChI is InChI=1S/C19H22N2O3/c1-12-17(13(2)20-18(12)14(3)22)19(23)21-10-9-16(11-21)24-15-7-5-4-6-8-15/h4-8,16,20H,9-11H2,1-3H3/t16-/m1/s1. The van der Waals surface area contributed by atoms with Crippen molar-refractivity contribution in [1.29, 1.82) is 0 Å². The highest BCUT2D eigenvalue weighted by Gasteiger charge is 2.31. The number of aryl methyl sites for hydroxylation is 1. The number of nitrogens with one attached hydrogen (secondary N) is 1. The first-order valence-corrected chi connectivity index (χ1v) is 8.18. The van der Waals surface area contributed by atoms with E-state index in [0.717, 1.165) is 23.4 Å². The summed E-state index contributed by atoms with van der Waals surface area (Å²) < 4.78 is 5.94. The number of H-pyrrole nitrogens is 1. The smallest absolute Gasteiger partial charge is 0.256 e. The number of aromatic nitrogens is 1. The van der Waals surface area contributed by atoms with Crippen molar-refractivity contribution in [2.45, 2.75) is 33.3 Å². The van der Waals surface area contributed by atoms with Crippen LogP contribution >= 0.6 is 0 Å². The highest BCUT2D eigenvalue weighted by Crippen LogP contribution is 2.24. The fourth-order valence-corrected chi connectivity index (χ4v) is 3.28. The fraction of sp³-hybridized carbons (Fsp3) is 0.368. The largest absolute Gasteiger partial charge is 0.489 e. The third-order valence-electron chi connectivity index (χ3n) is 4.48. The van der Waals surface area contributed by atoms with Gasteiger partial charge in [-0.3, -0.25) is 9.59 Å². The normalized spacial score (nSPS) is 17.1. The van der Waals surface area contributed by atoms with Gasteiger partial charge in [0.05, 0.1) is 17.8 Å². The fourth-order valence-electron chi connectivity index (χ4n) is 3.28. The molecule has 0 aliphatic carbocycles. The van der Waals surface area contributed by atoms with Crippen LogP contribution in [0, 0.1) is 13.8 Å². The molecule has 0 bridgehead atoms. The van der Waals surface area contributed by atoms with Gasteiger partial charge < -0.3 is 14.6 Å². The number of benzene rings is 1. The minimum Gasteiger partial charge on any atom is -0.489 e. The third kappa shape index (κ3) is 3.07. The SMILES string of the molecule is CC(=O)c1[nH]c(C)c(C(=O)N2CC[C@@H](Oc3ccccc3)C2)c1C. The number of nitrogens with zero attached hydrogens (tertiary/aromatic N) is 1. The zero-order valence-electron chi connectivity index (χ0n) is 14.3. The van der Waals surface area contributed by atoms with E-state index in [1.807, 2.05) is 44.2 Å². The van der Waals surface area contributed by atoms with E-state index in [0.29, 0.717) is 24.3 Å². The van der Waals surface area contributed by atoms with Gasteiger partial charge in [-0.05, 0) is 31.5 Å².